The third-order valence-electron chi connectivity index (χ3n) is 4.92. The Hall–Kier alpha value is -0.850. The van der Waals surface area contributed by atoms with Crippen molar-refractivity contribution in [3.63, 3.8) is 0 Å². The van der Waals surface area contributed by atoms with Crippen molar-refractivity contribution in [3.8, 4) is 0 Å². The number of hydrogen-bond donors (Lipinski definition) is 2. The van der Waals surface area contributed by atoms with E-state index in [9.17, 15) is 9.90 Å². The van der Waals surface area contributed by atoms with Gasteiger partial charge in [-0.1, -0.05) is 0 Å². The van der Waals surface area contributed by atoms with Gasteiger partial charge in [0, 0.05) is 19.6 Å². The van der Waals surface area contributed by atoms with Crippen molar-refractivity contribution in [2.24, 2.45) is 5.73 Å². The van der Waals surface area contributed by atoms with Crippen LogP contribution >= 0.6 is 0 Å². The van der Waals surface area contributed by atoms with Crippen LogP contribution in [-0.2, 0) is 4.74 Å². The summed E-state index contributed by atoms with van der Waals surface area (Å²) in [6.45, 7) is 8.28. The maximum absolute atomic E-state index is 12.2. The second-order valence-electron chi connectivity index (χ2n) is 8.00. The fourth-order valence-electron chi connectivity index (χ4n) is 3.45. The number of carbonyl (C=O) groups excluding carboxylic acids is 1. The predicted molar refractivity (Wildman–Crippen MR) is 85.6 cm³/mol. The quantitative estimate of drug-likeness (QED) is 0.760. The van der Waals surface area contributed by atoms with Gasteiger partial charge in [-0.05, 0) is 60.0 Å². The Labute approximate surface area is 133 Å². The predicted octanol–water partition coefficient (Wildman–Crippen LogP) is 1.17. The minimum atomic E-state index is -0.908. The van der Waals surface area contributed by atoms with Crippen LogP contribution in [0.1, 0.15) is 46.5 Å². The number of likely N-dealkylation sites (tertiary alicyclic amines) is 2. The lowest BCUT2D eigenvalue weighted by atomic mass is 9.75. The first-order valence-corrected chi connectivity index (χ1v) is 8.22. The molecule has 0 aliphatic carbocycles. The molecular weight excluding hydrogens is 282 g/mol. The molecule has 22 heavy (non-hydrogen) atoms. The van der Waals surface area contributed by atoms with Crippen LogP contribution in [-0.4, -0.2) is 71.0 Å². The fourth-order valence-corrected chi connectivity index (χ4v) is 3.45. The molecule has 0 aromatic rings. The molecule has 6 heteroatoms. The molecule has 2 aliphatic rings. The van der Waals surface area contributed by atoms with Crippen LogP contribution in [0.4, 0.5) is 4.79 Å². The minimum Gasteiger partial charge on any atom is -0.444 e. The van der Waals surface area contributed by atoms with Crippen molar-refractivity contribution in [2.75, 3.05) is 33.2 Å². The summed E-state index contributed by atoms with van der Waals surface area (Å²) in [5.41, 5.74) is 4.39. The van der Waals surface area contributed by atoms with Crippen LogP contribution in [0.15, 0.2) is 0 Å². The molecule has 128 valence electrons. The van der Waals surface area contributed by atoms with Gasteiger partial charge in [-0.3, -0.25) is 0 Å². The van der Waals surface area contributed by atoms with E-state index in [-0.39, 0.29) is 6.09 Å². The zero-order valence-electron chi connectivity index (χ0n) is 14.4. The van der Waals surface area contributed by atoms with E-state index in [1.54, 1.807) is 4.90 Å². The summed E-state index contributed by atoms with van der Waals surface area (Å²) in [5.74, 6) is 0. The molecule has 2 aliphatic heterocycles. The molecule has 0 saturated carbocycles. The molecule has 2 unspecified atom stereocenters. The smallest absolute Gasteiger partial charge is 0.410 e. The molecule has 2 fully saturated rings. The summed E-state index contributed by atoms with van der Waals surface area (Å²) in [7, 11) is 2.07. The van der Waals surface area contributed by atoms with Crippen LogP contribution in [0.5, 0.6) is 0 Å². The summed E-state index contributed by atoms with van der Waals surface area (Å²) in [6.07, 6.45) is 2.55. The molecule has 0 bridgehead atoms. The summed E-state index contributed by atoms with van der Waals surface area (Å²) in [5, 5.41) is 11.1. The third-order valence-corrected chi connectivity index (χ3v) is 4.92. The number of nitrogens with two attached hydrogens (primary N) is 1. The highest BCUT2D eigenvalue weighted by Crippen LogP contribution is 2.37. The van der Waals surface area contributed by atoms with E-state index in [2.05, 4.69) is 11.9 Å². The van der Waals surface area contributed by atoms with Crippen LogP contribution in [0.3, 0.4) is 0 Å². The number of carbonyl (C=O) groups is 1. The lowest BCUT2D eigenvalue weighted by Crippen LogP contribution is -2.62. The van der Waals surface area contributed by atoms with Crippen molar-refractivity contribution < 1.29 is 14.6 Å². The number of amides is 1. The summed E-state index contributed by atoms with van der Waals surface area (Å²) in [4.78, 5) is 16.1. The third kappa shape index (κ3) is 3.73. The highest BCUT2D eigenvalue weighted by Gasteiger charge is 2.52. The van der Waals surface area contributed by atoms with E-state index in [0.717, 1.165) is 19.5 Å². The Morgan fingerprint density at radius 3 is 2.50 bits per heavy atom. The fraction of sp³-hybridized carbons (Fsp3) is 0.938. The number of ether oxygens (including phenoxy) is 1. The molecule has 0 radical (unpaired) electrons. The highest BCUT2D eigenvalue weighted by molar-refractivity contribution is 5.68. The van der Waals surface area contributed by atoms with E-state index in [1.165, 1.54) is 0 Å². The van der Waals surface area contributed by atoms with E-state index in [1.807, 2.05) is 20.8 Å². The lowest BCUT2D eigenvalue weighted by molar-refractivity contribution is -0.0444. The van der Waals surface area contributed by atoms with E-state index in [4.69, 9.17) is 10.5 Å². The average Bonchev–Trinajstić information content (AvgIpc) is 2.70. The van der Waals surface area contributed by atoms with Crippen molar-refractivity contribution in [2.45, 2.75) is 63.2 Å². The van der Waals surface area contributed by atoms with Gasteiger partial charge in [-0.25, -0.2) is 4.79 Å². The van der Waals surface area contributed by atoms with Crippen LogP contribution < -0.4 is 5.73 Å². The SMILES string of the molecule is CN1CCCC(O)(C2(N)CCN(C(=O)OC(C)(C)C)C2)CC1. The van der Waals surface area contributed by atoms with Crippen molar-refractivity contribution >= 4 is 6.09 Å². The molecule has 0 aromatic carbocycles. The van der Waals surface area contributed by atoms with Gasteiger partial charge in [0.05, 0.1) is 11.1 Å². The molecule has 3 N–H and O–H groups in total. The highest BCUT2D eigenvalue weighted by atomic mass is 16.6. The molecular formula is C16H31N3O3. The van der Waals surface area contributed by atoms with E-state index >= 15 is 0 Å². The van der Waals surface area contributed by atoms with Crippen molar-refractivity contribution in [1.29, 1.82) is 0 Å². The molecule has 2 atom stereocenters. The van der Waals surface area contributed by atoms with Crippen molar-refractivity contribution in [1.82, 2.24) is 9.80 Å². The summed E-state index contributed by atoms with van der Waals surface area (Å²) >= 11 is 0. The second kappa shape index (κ2) is 5.98. The average molecular weight is 313 g/mol. The van der Waals surface area contributed by atoms with Gasteiger partial charge >= 0.3 is 6.09 Å². The number of nitrogens with zero attached hydrogens (tertiary/aromatic N) is 2. The first kappa shape index (κ1) is 17.5. The lowest BCUT2D eigenvalue weighted by Gasteiger charge is -2.42. The topological polar surface area (TPSA) is 79.0 Å². The molecule has 0 aromatic heterocycles. The van der Waals surface area contributed by atoms with Gasteiger partial charge in [0.1, 0.15) is 5.60 Å². The Bertz CT molecular complexity index is 423. The molecule has 6 nitrogen and oxygen atoms in total. The van der Waals surface area contributed by atoms with Crippen LogP contribution in [0.25, 0.3) is 0 Å². The maximum atomic E-state index is 12.2. The molecule has 0 spiro atoms. The monoisotopic (exact) mass is 313 g/mol. The van der Waals surface area contributed by atoms with Gasteiger partial charge in [0.25, 0.3) is 0 Å². The van der Waals surface area contributed by atoms with E-state index in [0.29, 0.717) is 32.4 Å². The van der Waals surface area contributed by atoms with Gasteiger partial charge in [-0.15, -0.1) is 0 Å². The van der Waals surface area contributed by atoms with Gasteiger partial charge < -0.3 is 25.4 Å². The normalized spacial score (nSPS) is 34.5. The molecule has 2 rings (SSSR count). The Morgan fingerprint density at radius 1 is 1.18 bits per heavy atom. The Morgan fingerprint density at radius 2 is 1.86 bits per heavy atom. The number of aliphatic hydroxyl groups is 1. The number of rotatable bonds is 1. The summed E-state index contributed by atoms with van der Waals surface area (Å²) in [6, 6.07) is 0. The maximum Gasteiger partial charge on any atom is 0.410 e. The Balaban J connectivity index is 2.04. The first-order valence-electron chi connectivity index (χ1n) is 8.22. The molecule has 2 heterocycles. The molecule has 1 amide bonds. The van der Waals surface area contributed by atoms with Crippen LogP contribution in [0, 0.1) is 0 Å². The standard InChI is InChI=1S/C16H31N3O3/c1-14(2,3)22-13(20)19-11-7-15(17,12-19)16(21)6-5-9-18(4)10-8-16/h21H,5-12,17H2,1-4H3. The van der Waals surface area contributed by atoms with E-state index < -0.39 is 16.7 Å². The minimum absolute atomic E-state index is 0.339. The molecule has 2 saturated heterocycles. The van der Waals surface area contributed by atoms with Crippen molar-refractivity contribution in [3.05, 3.63) is 0 Å². The van der Waals surface area contributed by atoms with Gasteiger partial charge in [-0.2, -0.15) is 0 Å². The largest absolute Gasteiger partial charge is 0.444 e. The second-order valence-corrected chi connectivity index (χ2v) is 8.00. The van der Waals surface area contributed by atoms with Gasteiger partial charge in [0.2, 0.25) is 0 Å². The summed E-state index contributed by atoms with van der Waals surface area (Å²) < 4.78 is 5.42. The zero-order valence-corrected chi connectivity index (χ0v) is 14.4. The van der Waals surface area contributed by atoms with Gasteiger partial charge in [0.15, 0.2) is 0 Å². The zero-order chi connectivity index (χ0) is 16.6. The number of hydrogen-bond acceptors (Lipinski definition) is 5. The first-order chi connectivity index (χ1) is 10.0. The van der Waals surface area contributed by atoms with Crippen LogP contribution in [0.2, 0.25) is 0 Å². The Kier molecular flexibility index (Phi) is 4.76.